The predicted octanol–water partition coefficient (Wildman–Crippen LogP) is 5.15. The zero-order chi connectivity index (χ0) is 13.7. The second-order valence-corrected chi connectivity index (χ2v) is 7.66. The lowest BCUT2D eigenvalue weighted by Crippen LogP contribution is -2.45. The first-order valence-corrected chi connectivity index (χ1v) is 8.89. The Balaban J connectivity index is 2.04. The van der Waals surface area contributed by atoms with Gasteiger partial charge in [-0.15, -0.1) is 0 Å². The standard InChI is InChI=1S/C18H35N/c1-4-19-17(13-16-9-5-6-10-16)18(14-15(2)3)11-7-8-12-18/h15-17,19H,4-14H2,1-3H3. The van der Waals surface area contributed by atoms with Gasteiger partial charge in [-0.2, -0.15) is 0 Å². The normalized spacial score (nSPS) is 25.3. The summed E-state index contributed by atoms with van der Waals surface area (Å²) in [6.45, 7) is 8.27. The first-order valence-electron chi connectivity index (χ1n) is 8.89. The minimum Gasteiger partial charge on any atom is -0.314 e. The third-order valence-corrected chi connectivity index (χ3v) is 5.65. The molecule has 2 aliphatic rings. The van der Waals surface area contributed by atoms with Crippen LogP contribution < -0.4 is 5.32 Å². The SMILES string of the molecule is CCNC(CC1CCCC1)C1(CC(C)C)CCCC1. The minimum atomic E-state index is 0.632. The van der Waals surface area contributed by atoms with Crippen LogP contribution in [0.4, 0.5) is 0 Å². The zero-order valence-corrected chi connectivity index (χ0v) is 13.5. The third kappa shape index (κ3) is 3.97. The molecule has 1 unspecified atom stereocenters. The van der Waals surface area contributed by atoms with Gasteiger partial charge in [0.2, 0.25) is 0 Å². The molecule has 0 saturated heterocycles. The molecule has 0 amide bonds. The summed E-state index contributed by atoms with van der Waals surface area (Å²) < 4.78 is 0. The van der Waals surface area contributed by atoms with E-state index in [1.54, 1.807) is 0 Å². The molecule has 0 aliphatic heterocycles. The number of hydrogen-bond donors (Lipinski definition) is 1. The van der Waals surface area contributed by atoms with E-state index in [1.165, 1.54) is 64.2 Å². The summed E-state index contributed by atoms with van der Waals surface area (Å²) in [5, 5.41) is 3.90. The summed E-state index contributed by atoms with van der Waals surface area (Å²) in [5.74, 6) is 1.87. The molecular weight excluding hydrogens is 230 g/mol. The predicted molar refractivity (Wildman–Crippen MR) is 84.4 cm³/mol. The summed E-state index contributed by atoms with van der Waals surface area (Å²) in [7, 11) is 0. The maximum atomic E-state index is 3.90. The maximum absolute atomic E-state index is 3.90. The Labute approximate surface area is 120 Å². The fourth-order valence-corrected chi connectivity index (χ4v) is 4.96. The van der Waals surface area contributed by atoms with Crippen molar-refractivity contribution >= 4 is 0 Å². The Morgan fingerprint density at radius 3 is 2.21 bits per heavy atom. The highest BCUT2D eigenvalue weighted by Gasteiger charge is 2.41. The number of nitrogens with one attached hydrogen (secondary N) is 1. The summed E-state index contributed by atoms with van der Waals surface area (Å²) in [5.41, 5.74) is 0.632. The van der Waals surface area contributed by atoms with E-state index in [0.29, 0.717) is 5.41 Å². The van der Waals surface area contributed by atoms with E-state index in [0.717, 1.165) is 24.4 Å². The molecule has 1 N–H and O–H groups in total. The van der Waals surface area contributed by atoms with E-state index in [2.05, 4.69) is 26.1 Å². The summed E-state index contributed by atoms with van der Waals surface area (Å²) in [6, 6.07) is 0.797. The lowest BCUT2D eigenvalue weighted by atomic mass is 9.70. The van der Waals surface area contributed by atoms with Crippen molar-refractivity contribution in [3.8, 4) is 0 Å². The Kier molecular flexibility index (Phi) is 5.74. The van der Waals surface area contributed by atoms with Crippen LogP contribution in [0.1, 0.15) is 85.0 Å². The van der Waals surface area contributed by atoms with E-state index in [1.807, 2.05) is 0 Å². The van der Waals surface area contributed by atoms with Gasteiger partial charge >= 0.3 is 0 Å². The van der Waals surface area contributed by atoms with Crippen molar-refractivity contribution < 1.29 is 0 Å². The van der Waals surface area contributed by atoms with Gasteiger partial charge in [-0.1, -0.05) is 59.3 Å². The number of rotatable bonds is 7. The van der Waals surface area contributed by atoms with Crippen LogP contribution in [0.3, 0.4) is 0 Å². The van der Waals surface area contributed by atoms with Gasteiger partial charge in [0.25, 0.3) is 0 Å². The molecule has 19 heavy (non-hydrogen) atoms. The second kappa shape index (κ2) is 7.11. The molecule has 1 atom stereocenters. The third-order valence-electron chi connectivity index (χ3n) is 5.65. The maximum Gasteiger partial charge on any atom is 0.0126 e. The molecule has 0 radical (unpaired) electrons. The van der Waals surface area contributed by atoms with Crippen LogP contribution in [0.15, 0.2) is 0 Å². The highest BCUT2D eigenvalue weighted by molar-refractivity contribution is 4.96. The van der Waals surface area contributed by atoms with Gasteiger partial charge in [-0.25, -0.2) is 0 Å². The fraction of sp³-hybridized carbons (Fsp3) is 1.00. The van der Waals surface area contributed by atoms with E-state index < -0.39 is 0 Å². The zero-order valence-electron chi connectivity index (χ0n) is 13.5. The highest BCUT2D eigenvalue weighted by atomic mass is 14.9. The van der Waals surface area contributed by atoms with Crippen molar-refractivity contribution in [3.05, 3.63) is 0 Å². The average Bonchev–Trinajstić information content (AvgIpc) is 2.99. The topological polar surface area (TPSA) is 12.0 Å². The Hall–Kier alpha value is -0.0400. The molecule has 0 aromatic heterocycles. The molecule has 1 heteroatoms. The summed E-state index contributed by atoms with van der Waals surface area (Å²) in [6.07, 6.45) is 14.8. The smallest absolute Gasteiger partial charge is 0.0126 e. The van der Waals surface area contributed by atoms with E-state index in [-0.39, 0.29) is 0 Å². The Morgan fingerprint density at radius 2 is 1.68 bits per heavy atom. The van der Waals surface area contributed by atoms with Crippen LogP contribution in [0.2, 0.25) is 0 Å². The van der Waals surface area contributed by atoms with Gasteiger partial charge in [0.1, 0.15) is 0 Å². The van der Waals surface area contributed by atoms with Crippen molar-refractivity contribution in [1.29, 1.82) is 0 Å². The lowest BCUT2D eigenvalue weighted by molar-refractivity contribution is 0.135. The summed E-state index contributed by atoms with van der Waals surface area (Å²) >= 11 is 0. The molecule has 0 bridgehead atoms. The molecule has 112 valence electrons. The minimum absolute atomic E-state index is 0.632. The lowest BCUT2D eigenvalue weighted by Gasteiger charge is -2.41. The van der Waals surface area contributed by atoms with Crippen molar-refractivity contribution in [2.24, 2.45) is 17.3 Å². The molecule has 2 fully saturated rings. The largest absolute Gasteiger partial charge is 0.314 e. The van der Waals surface area contributed by atoms with E-state index in [4.69, 9.17) is 0 Å². The van der Waals surface area contributed by atoms with Gasteiger partial charge in [-0.3, -0.25) is 0 Å². The van der Waals surface area contributed by atoms with Gasteiger partial charge in [0, 0.05) is 6.04 Å². The van der Waals surface area contributed by atoms with Crippen LogP contribution in [-0.2, 0) is 0 Å². The Morgan fingerprint density at radius 1 is 1.05 bits per heavy atom. The van der Waals surface area contributed by atoms with E-state index in [9.17, 15) is 0 Å². The highest BCUT2D eigenvalue weighted by Crippen LogP contribution is 2.48. The van der Waals surface area contributed by atoms with Gasteiger partial charge < -0.3 is 5.32 Å². The van der Waals surface area contributed by atoms with Crippen molar-refractivity contribution in [1.82, 2.24) is 5.32 Å². The summed E-state index contributed by atoms with van der Waals surface area (Å²) in [4.78, 5) is 0. The van der Waals surface area contributed by atoms with Crippen molar-refractivity contribution in [3.63, 3.8) is 0 Å². The molecular formula is C18H35N. The molecule has 0 spiro atoms. The van der Waals surface area contributed by atoms with Crippen molar-refractivity contribution in [2.45, 2.75) is 91.0 Å². The molecule has 2 aliphatic carbocycles. The second-order valence-electron chi connectivity index (χ2n) is 7.66. The van der Waals surface area contributed by atoms with Crippen LogP contribution >= 0.6 is 0 Å². The van der Waals surface area contributed by atoms with Gasteiger partial charge in [0.05, 0.1) is 0 Å². The molecule has 0 heterocycles. The molecule has 2 rings (SSSR count). The molecule has 2 saturated carbocycles. The van der Waals surface area contributed by atoms with Crippen LogP contribution in [0.25, 0.3) is 0 Å². The monoisotopic (exact) mass is 265 g/mol. The van der Waals surface area contributed by atoms with Crippen LogP contribution in [0.5, 0.6) is 0 Å². The first-order chi connectivity index (χ1) is 9.16. The fourth-order valence-electron chi connectivity index (χ4n) is 4.96. The van der Waals surface area contributed by atoms with Gasteiger partial charge in [0.15, 0.2) is 0 Å². The molecule has 0 aromatic rings. The van der Waals surface area contributed by atoms with Crippen LogP contribution in [0, 0.1) is 17.3 Å². The van der Waals surface area contributed by atoms with E-state index >= 15 is 0 Å². The number of hydrogen-bond acceptors (Lipinski definition) is 1. The quantitative estimate of drug-likeness (QED) is 0.671. The van der Waals surface area contributed by atoms with Gasteiger partial charge in [-0.05, 0) is 49.5 Å². The molecule has 1 nitrogen and oxygen atoms in total. The van der Waals surface area contributed by atoms with Crippen molar-refractivity contribution in [2.75, 3.05) is 6.54 Å². The Bertz CT molecular complexity index is 246. The first kappa shape index (κ1) is 15.4. The molecule has 0 aromatic carbocycles. The average molecular weight is 265 g/mol. The van der Waals surface area contributed by atoms with Crippen LogP contribution in [-0.4, -0.2) is 12.6 Å².